The van der Waals surface area contributed by atoms with E-state index in [1.807, 2.05) is 0 Å². The van der Waals surface area contributed by atoms with E-state index in [1.165, 1.54) is 19.3 Å². The Labute approximate surface area is 123 Å². The van der Waals surface area contributed by atoms with Crippen LogP contribution in [0.3, 0.4) is 0 Å². The van der Waals surface area contributed by atoms with E-state index < -0.39 is 0 Å². The maximum Gasteiger partial charge on any atom is 0.272 e. The molecule has 2 atom stereocenters. The molecule has 0 radical (unpaired) electrons. The van der Waals surface area contributed by atoms with Gasteiger partial charge in [-0.2, -0.15) is 0 Å². The van der Waals surface area contributed by atoms with Gasteiger partial charge in [-0.05, 0) is 30.9 Å². The summed E-state index contributed by atoms with van der Waals surface area (Å²) >= 11 is 0. The quantitative estimate of drug-likeness (QED) is 0.935. The Kier molecular flexibility index (Phi) is 3.94. The van der Waals surface area contributed by atoms with Crippen LogP contribution >= 0.6 is 0 Å². The molecule has 2 aromatic rings. The lowest BCUT2D eigenvalue weighted by Crippen LogP contribution is -2.41. The number of carbonyl (C=O) groups is 1. The van der Waals surface area contributed by atoms with Crippen LogP contribution in [0.5, 0.6) is 0 Å². The van der Waals surface area contributed by atoms with Gasteiger partial charge in [-0.3, -0.25) is 9.36 Å². The molecule has 21 heavy (non-hydrogen) atoms. The predicted octanol–water partition coefficient (Wildman–Crippen LogP) is 1.97. The summed E-state index contributed by atoms with van der Waals surface area (Å²) in [5, 5.41) is 11.2. The van der Waals surface area contributed by atoms with E-state index in [-0.39, 0.29) is 11.9 Å². The van der Waals surface area contributed by atoms with Gasteiger partial charge in [0.25, 0.3) is 5.91 Å². The first-order chi connectivity index (χ1) is 10.2. The molecule has 2 aromatic heterocycles. The van der Waals surface area contributed by atoms with Gasteiger partial charge in [-0.25, -0.2) is 4.98 Å². The van der Waals surface area contributed by atoms with Crippen LogP contribution in [0.15, 0.2) is 30.9 Å². The molecular formula is C15H19N5O. The third-order valence-electron chi connectivity index (χ3n) is 4.08. The summed E-state index contributed by atoms with van der Waals surface area (Å²) in [4.78, 5) is 16.2. The molecule has 0 spiro atoms. The number of nitrogens with one attached hydrogen (secondary N) is 1. The van der Waals surface area contributed by atoms with Crippen LogP contribution in [0, 0.1) is 5.92 Å². The Bertz CT molecular complexity index is 593. The molecule has 2 heterocycles. The zero-order valence-corrected chi connectivity index (χ0v) is 12.1. The fourth-order valence-corrected chi connectivity index (χ4v) is 2.75. The van der Waals surface area contributed by atoms with Gasteiger partial charge >= 0.3 is 0 Å². The molecular weight excluding hydrogens is 266 g/mol. The van der Waals surface area contributed by atoms with Crippen LogP contribution in [-0.2, 0) is 0 Å². The highest BCUT2D eigenvalue weighted by molar-refractivity contribution is 5.92. The molecule has 1 fully saturated rings. The predicted molar refractivity (Wildman–Crippen MR) is 78.0 cm³/mol. The molecule has 0 aliphatic heterocycles. The Morgan fingerprint density at radius 3 is 2.81 bits per heavy atom. The standard InChI is InChI=1S/C15H19N5O/c1-11-4-2-3-5-12(11)17-15(21)13-6-7-14(19-18-13)20-9-8-16-10-20/h6-12H,2-5H2,1H3,(H,17,21). The molecule has 0 saturated heterocycles. The molecule has 1 saturated carbocycles. The van der Waals surface area contributed by atoms with Gasteiger partial charge in [0, 0.05) is 18.4 Å². The van der Waals surface area contributed by atoms with E-state index >= 15 is 0 Å². The van der Waals surface area contributed by atoms with E-state index in [9.17, 15) is 4.79 Å². The molecule has 1 aliphatic carbocycles. The van der Waals surface area contributed by atoms with Crippen LogP contribution < -0.4 is 5.32 Å². The summed E-state index contributed by atoms with van der Waals surface area (Å²) in [7, 11) is 0. The second kappa shape index (κ2) is 6.03. The van der Waals surface area contributed by atoms with Gasteiger partial charge in [-0.15, -0.1) is 10.2 Å². The fourth-order valence-electron chi connectivity index (χ4n) is 2.75. The summed E-state index contributed by atoms with van der Waals surface area (Å²) in [5.74, 6) is 1.04. The second-order valence-electron chi connectivity index (χ2n) is 5.59. The van der Waals surface area contributed by atoms with Crippen molar-refractivity contribution in [1.82, 2.24) is 25.1 Å². The highest BCUT2D eigenvalue weighted by Crippen LogP contribution is 2.23. The average molecular weight is 285 g/mol. The Hall–Kier alpha value is -2.24. The van der Waals surface area contributed by atoms with Crippen molar-refractivity contribution in [3.8, 4) is 5.82 Å². The topological polar surface area (TPSA) is 72.7 Å². The van der Waals surface area contributed by atoms with Crippen molar-refractivity contribution < 1.29 is 4.79 Å². The number of rotatable bonds is 3. The third kappa shape index (κ3) is 3.09. The third-order valence-corrected chi connectivity index (χ3v) is 4.08. The van der Waals surface area contributed by atoms with Crippen LogP contribution in [0.25, 0.3) is 5.82 Å². The van der Waals surface area contributed by atoms with Crippen LogP contribution in [-0.4, -0.2) is 31.7 Å². The van der Waals surface area contributed by atoms with Gasteiger partial charge in [0.2, 0.25) is 0 Å². The maximum absolute atomic E-state index is 12.2. The number of nitrogens with zero attached hydrogens (tertiary/aromatic N) is 4. The minimum absolute atomic E-state index is 0.140. The largest absolute Gasteiger partial charge is 0.348 e. The van der Waals surface area contributed by atoms with E-state index in [2.05, 4.69) is 27.4 Å². The normalized spacial score (nSPS) is 22.0. The molecule has 3 rings (SSSR count). The summed E-state index contributed by atoms with van der Waals surface area (Å²) in [6, 6.07) is 3.72. The van der Waals surface area contributed by atoms with Crippen molar-refractivity contribution in [3.63, 3.8) is 0 Å². The molecule has 0 bridgehead atoms. The Morgan fingerprint density at radius 1 is 1.29 bits per heavy atom. The first kappa shape index (κ1) is 13.7. The SMILES string of the molecule is CC1CCCCC1NC(=O)c1ccc(-n2ccnc2)nn1. The van der Waals surface area contributed by atoms with Gasteiger partial charge < -0.3 is 5.32 Å². The number of aromatic nitrogens is 4. The molecule has 6 heteroatoms. The minimum atomic E-state index is -0.140. The van der Waals surface area contributed by atoms with Crippen LogP contribution in [0.1, 0.15) is 43.1 Å². The summed E-state index contributed by atoms with van der Waals surface area (Å²) in [6.45, 7) is 2.19. The zero-order valence-electron chi connectivity index (χ0n) is 12.1. The van der Waals surface area contributed by atoms with Gasteiger partial charge in [0.15, 0.2) is 11.5 Å². The van der Waals surface area contributed by atoms with Crippen LogP contribution in [0.2, 0.25) is 0 Å². The first-order valence-electron chi connectivity index (χ1n) is 7.37. The highest BCUT2D eigenvalue weighted by atomic mass is 16.2. The Morgan fingerprint density at radius 2 is 2.14 bits per heavy atom. The number of hydrogen-bond acceptors (Lipinski definition) is 4. The lowest BCUT2D eigenvalue weighted by Gasteiger charge is -2.29. The smallest absolute Gasteiger partial charge is 0.272 e. The molecule has 110 valence electrons. The minimum Gasteiger partial charge on any atom is -0.348 e. The lowest BCUT2D eigenvalue weighted by atomic mass is 9.86. The summed E-state index contributed by atoms with van der Waals surface area (Å²) in [5.41, 5.74) is 0.358. The van der Waals surface area contributed by atoms with Gasteiger partial charge in [-0.1, -0.05) is 19.8 Å². The Balaban J connectivity index is 1.67. The van der Waals surface area contributed by atoms with Crippen molar-refractivity contribution in [3.05, 3.63) is 36.5 Å². The number of hydrogen-bond donors (Lipinski definition) is 1. The van der Waals surface area contributed by atoms with E-state index in [4.69, 9.17) is 0 Å². The zero-order chi connectivity index (χ0) is 14.7. The average Bonchev–Trinajstić information content (AvgIpc) is 3.04. The molecule has 1 amide bonds. The summed E-state index contributed by atoms with van der Waals surface area (Å²) < 4.78 is 1.75. The molecule has 6 nitrogen and oxygen atoms in total. The number of carbonyl (C=O) groups excluding carboxylic acids is 1. The van der Waals surface area contributed by atoms with Crippen molar-refractivity contribution in [2.24, 2.45) is 5.92 Å². The van der Waals surface area contributed by atoms with E-state index in [0.29, 0.717) is 17.4 Å². The van der Waals surface area contributed by atoms with E-state index in [1.54, 1.807) is 35.4 Å². The van der Waals surface area contributed by atoms with Crippen molar-refractivity contribution in [2.45, 2.75) is 38.6 Å². The van der Waals surface area contributed by atoms with Crippen molar-refractivity contribution >= 4 is 5.91 Å². The second-order valence-corrected chi connectivity index (χ2v) is 5.59. The van der Waals surface area contributed by atoms with Crippen LogP contribution in [0.4, 0.5) is 0 Å². The summed E-state index contributed by atoms with van der Waals surface area (Å²) in [6.07, 6.45) is 9.77. The molecule has 2 unspecified atom stereocenters. The van der Waals surface area contributed by atoms with Crippen molar-refractivity contribution in [2.75, 3.05) is 0 Å². The van der Waals surface area contributed by atoms with Gasteiger partial charge in [0.1, 0.15) is 6.33 Å². The highest BCUT2D eigenvalue weighted by Gasteiger charge is 2.23. The molecule has 0 aromatic carbocycles. The first-order valence-corrected chi connectivity index (χ1v) is 7.37. The molecule has 1 aliphatic rings. The maximum atomic E-state index is 12.2. The lowest BCUT2D eigenvalue weighted by molar-refractivity contribution is 0.0904. The number of amides is 1. The fraction of sp³-hybridized carbons (Fsp3) is 0.467. The van der Waals surface area contributed by atoms with Crippen molar-refractivity contribution in [1.29, 1.82) is 0 Å². The van der Waals surface area contributed by atoms with Gasteiger partial charge in [0.05, 0.1) is 0 Å². The molecule has 1 N–H and O–H groups in total. The monoisotopic (exact) mass is 285 g/mol. The van der Waals surface area contributed by atoms with E-state index in [0.717, 1.165) is 6.42 Å². The number of imidazole rings is 1.